The number of hydrogen-bond donors (Lipinski definition) is 0. The van der Waals surface area contributed by atoms with Gasteiger partial charge in [-0.25, -0.2) is 4.98 Å². The molecule has 3 aromatic rings. The third-order valence-electron chi connectivity index (χ3n) is 6.46. The number of aryl methyl sites for hydroxylation is 1. The van der Waals surface area contributed by atoms with Crippen LogP contribution in [0.25, 0.3) is 22.2 Å². The van der Waals surface area contributed by atoms with E-state index < -0.39 is 0 Å². The number of hydrogen-bond acceptors (Lipinski definition) is 4. The molecule has 0 unspecified atom stereocenters. The predicted molar refractivity (Wildman–Crippen MR) is 125 cm³/mol. The molecule has 2 aromatic carbocycles. The maximum Gasteiger partial charge on any atom is 0.0944 e. The van der Waals surface area contributed by atoms with Crippen molar-refractivity contribution in [3.63, 3.8) is 0 Å². The summed E-state index contributed by atoms with van der Waals surface area (Å²) in [6.45, 7) is 4.31. The van der Waals surface area contributed by atoms with Crippen molar-refractivity contribution in [2.45, 2.75) is 25.8 Å². The zero-order valence-electron chi connectivity index (χ0n) is 18.1. The Morgan fingerprint density at radius 1 is 1.00 bits per heavy atom. The number of fused-ring (bicyclic) bond motifs is 1. The fourth-order valence-corrected chi connectivity index (χ4v) is 4.80. The highest BCUT2D eigenvalue weighted by Gasteiger charge is 2.34. The van der Waals surface area contributed by atoms with Gasteiger partial charge in [0.25, 0.3) is 0 Å². The summed E-state index contributed by atoms with van der Waals surface area (Å²) in [6.07, 6.45) is 7.08. The van der Waals surface area contributed by atoms with Crippen LogP contribution in [0.3, 0.4) is 0 Å². The lowest BCUT2D eigenvalue weighted by atomic mass is 9.79. The maximum atomic E-state index is 4.99. The first-order valence-corrected chi connectivity index (χ1v) is 10.9. The average Bonchev–Trinajstić information content (AvgIpc) is 3.20. The smallest absolute Gasteiger partial charge is 0.0944 e. The summed E-state index contributed by atoms with van der Waals surface area (Å²) in [4.78, 5) is 12.1. The quantitative estimate of drug-likeness (QED) is 0.596. The number of rotatable bonds is 5. The van der Waals surface area contributed by atoms with E-state index in [1.54, 1.807) is 0 Å². The second-order valence-corrected chi connectivity index (χ2v) is 9.07. The first-order valence-electron chi connectivity index (χ1n) is 10.9. The van der Waals surface area contributed by atoms with Gasteiger partial charge < -0.3 is 14.7 Å². The van der Waals surface area contributed by atoms with Crippen LogP contribution in [0.2, 0.25) is 0 Å². The van der Waals surface area contributed by atoms with Crippen molar-refractivity contribution in [3.8, 4) is 11.3 Å². The molecule has 1 aliphatic heterocycles. The van der Waals surface area contributed by atoms with Gasteiger partial charge in [0.15, 0.2) is 0 Å². The molecule has 154 valence electrons. The van der Waals surface area contributed by atoms with Gasteiger partial charge in [-0.2, -0.15) is 0 Å². The third kappa shape index (κ3) is 3.68. The van der Waals surface area contributed by atoms with Gasteiger partial charge in [0, 0.05) is 41.6 Å². The van der Waals surface area contributed by atoms with Crippen LogP contribution in [-0.2, 0) is 0 Å². The molecule has 0 N–H and O–H groups in total. The molecule has 1 fully saturated rings. The summed E-state index contributed by atoms with van der Waals surface area (Å²) < 4.78 is 0. The molecule has 5 rings (SSSR count). The fraction of sp³-hybridized carbons (Fsp3) is 0.346. The summed E-state index contributed by atoms with van der Waals surface area (Å²) in [5, 5.41) is 1.23. The lowest BCUT2D eigenvalue weighted by Gasteiger charge is -2.42. The summed E-state index contributed by atoms with van der Waals surface area (Å²) >= 11 is 0. The second-order valence-electron chi connectivity index (χ2n) is 9.07. The van der Waals surface area contributed by atoms with E-state index in [0.717, 1.165) is 29.4 Å². The van der Waals surface area contributed by atoms with Crippen LogP contribution in [0.5, 0.6) is 0 Å². The Morgan fingerprint density at radius 3 is 2.57 bits per heavy atom. The van der Waals surface area contributed by atoms with Crippen LogP contribution in [0.15, 0.2) is 67.0 Å². The number of benzene rings is 2. The molecule has 1 aliphatic carbocycles. The molecule has 4 nitrogen and oxygen atoms in total. The molecule has 0 atom stereocenters. The number of pyridine rings is 1. The molecule has 1 saturated carbocycles. The van der Waals surface area contributed by atoms with Gasteiger partial charge in [0.2, 0.25) is 0 Å². The van der Waals surface area contributed by atoms with Crippen LogP contribution < -0.4 is 4.90 Å². The minimum atomic E-state index is 0.682. The summed E-state index contributed by atoms with van der Waals surface area (Å²) in [5.41, 5.74) is 5.75. The molecule has 0 bridgehead atoms. The minimum Gasteiger partial charge on any atom is -0.355 e. The van der Waals surface area contributed by atoms with Crippen molar-refractivity contribution in [1.82, 2.24) is 14.8 Å². The standard InChI is InChI=1S/C26H30N4/c1-19-13-25(21-7-5-4-6-8-21)27-26-16-22(9-10-24(19)26)29-11-12-30(18-29)23-14-20(15-23)17-28(2)3/h4-13,16,20,23H,14-15,17-18H2,1-3H3. The van der Waals surface area contributed by atoms with Crippen molar-refractivity contribution in [1.29, 1.82) is 0 Å². The normalized spacial score (nSPS) is 20.9. The SMILES string of the molecule is Cc1cc(-c2ccccc2)nc2cc(N3C=CN(C4CC(CN(C)C)C4)C3)ccc12. The fourth-order valence-electron chi connectivity index (χ4n) is 4.80. The molecule has 0 amide bonds. The van der Waals surface area contributed by atoms with E-state index in [1.165, 1.54) is 36.0 Å². The van der Waals surface area contributed by atoms with Crippen molar-refractivity contribution in [2.24, 2.45) is 5.92 Å². The van der Waals surface area contributed by atoms with Gasteiger partial charge in [-0.3, -0.25) is 0 Å². The Balaban J connectivity index is 1.34. The highest BCUT2D eigenvalue weighted by molar-refractivity contribution is 5.88. The van der Waals surface area contributed by atoms with Gasteiger partial charge >= 0.3 is 0 Å². The van der Waals surface area contributed by atoms with Crippen molar-refractivity contribution in [2.75, 3.05) is 32.2 Å². The summed E-state index contributed by atoms with van der Waals surface area (Å²) in [6, 6.07) is 20.0. The Labute approximate surface area is 179 Å². The van der Waals surface area contributed by atoms with E-state index in [-0.39, 0.29) is 0 Å². The van der Waals surface area contributed by atoms with E-state index >= 15 is 0 Å². The van der Waals surface area contributed by atoms with Crippen LogP contribution in [0.1, 0.15) is 18.4 Å². The van der Waals surface area contributed by atoms with E-state index in [2.05, 4.69) is 96.6 Å². The zero-order chi connectivity index (χ0) is 20.7. The van der Waals surface area contributed by atoms with Crippen molar-refractivity contribution >= 4 is 16.6 Å². The molecule has 0 saturated heterocycles. The minimum absolute atomic E-state index is 0.682. The molecular formula is C26H30N4. The number of anilines is 1. The molecule has 2 aliphatic rings. The maximum absolute atomic E-state index is 4.99. The second kappa shape index (κ2) is 7.77. The van der Waals surface area contributed by atoms with Gasteiger partial charge in [-0.15, -0.1) is 0 Å². The lowest BCUT2D eigenvalue weighted by Crippen LogP contribution is -2.45. The highest BCUT2D eigenvalue weighted by atomic mass is 15.4. The van der Waals surface area contributed by atoms with Crippen LogP contribution in [0.4, 0.5) is 5.69 Å². The van der Waals surface area contributed by atoms with Crippen molar-refractivity contribution in [3.05, 3.63) is 72.6 Å². The van der Waals surface area contributed by atoms with Crippen molar-refractivity contribution < 1.29 is 0 Å². The molecular weight excluding hydrogens is 368 g/mol. The molecule has 4 heteroatoms. The Kier molecular flexibility index (Phi) is 4.95. The average molecular weight is 399 g/mol. The van der Waals surface area contributed by atoms with E-state index in [9.17, 15) is 0 Å². The van der Waals surface area contributed by atoms with E-state index in [0.29, 0.717) is 6.04 Å². The zero-order valence-corrected chi connectivity index (χ0v) is 18.1. The molecule has 0 radical (unpaired) electrons. The molecule has 1 aromatic heterocycles. The molecule has 0 spiro atoms. The summed E-state index contributed by atoms with van der Waals surface area (Å²) in [5.74, 6) is 0.844. The predicted octanol–water partition coefficient (Wildman–Crippen LogP) is 5.10. The van der Waals surface area contributed by atoms with Gasteiger partial charge in [0.1, 0.15) is 0 Å². The monoisotopic (exact) mass is 398 g/mol. The molecule has 30 heavy (non-hydrogen) atoms. The van der Waals surface area contributed by atoms with Gasteiger partial charge in [-0.1, -0.05) is 36.4 Å². The van der Waals surface area contributed by atoms with E-state index in [4.69, 9.17) is 4.98 Å². The lowest BCUT2D eigenvalue weighted by molar-refractivity contribution is 0.105. The Morgan fingerprint density at radius 2 is 1.80 bits per heavy atom. The van der Waals surface area contributed by atoms with Crippen LogP contribution in [-0.4, -0.2) is 48.1 Å². The third-order valence-corrected chi connectivity index (χ3v) is 6.46. The van der Waals surface area contributed by atoms with Gasteiger partial charge in [-0.05, 0) is 63.5 Å². The Hall–Kier alpha value is -2.85. The van der Waals surface area contributed by atoms with Gasteiger partial charge in [0.05, 0.1) is 17.9 Å². The first kappa shape index (κ1) is 19.1. The van der Waals surface area contributed by atoms with Crippen LogP contribution >= 0.6 is 0 Å². The summed E-state index contributed by atoms with van der Waals surface area (Å²) in [7, 11) is 4.34. The number of nitrogens with zero attached hydrogens (tertiary/aromatic N) is 4. The van der Waals surface area contributed by atoms with Crippen LogP contribution in [0, 0.1) is 12.8 Å². The first-order chi connectivity index (χ1) is 14.6. The van der Waals surface area contributed by atoms with E-state index in [1.807, 2.05) is 6.07 Å². The topological polar surface area (TPSA) is 22.6 Å². The molecule has 2 heterocycles. The number of aromatic nitrogens is 1. The largest absolute Gasteiger partial charge is 0.355 e. The Bertz CT molecular complexity index is 1070. The highest BCUT2D eigenvalue weighted by Crippen LogP contribution is 2.35.